The number of carbonyl (C=O) groups is 2. The number of morpholine rings is 1. The molecule has 1 fully saturated rings. The van der Waals surface area contributed by atoms with Gasteiger partial charge in [0.05, 0.1) is 13.2 Å². The van der Waals surface area contributed by atoms with Gasteiger partial charge in [0.1, 0.15) is 11.9 Å². The minimum Gasteiger partial charge on any atom is -0.378 e. The van der Waals surface area contributed by atoms with Crippen LogP contribution in [0.2, 0.25) is 0 Å². The number of nitrogens with one attached hydrogen (secondary N) is 2. The van der Waals surface area contributed by atoms with Crippen molar-refractivity contribution in [2.24, 2.45) is 5.41 Å². The lowest BCUT2D eigenvalue weighted by molar-refractivity contribution is -0.133. The van der Waals surface area contributed by atoms with Crippen LogP contribution in [0.15, 0.2) is 18.3 Å². The van der Waals surface area contributed by atoms with Gasteiger partial charge in [0, 0.05) is 36.8 Å². The molecule has 0 spiro atoms. The molecule has 7 heteroatoms. The normalized spacial score (nSPS) is 16.2. The van der Waals surface area contributed by atoms with Crippen molar-refractivity contribution in [3.8, 4) is 0 Å². The van der Waals surface area contributed by atoms with E-state index in [4.69, 9.17) is 4.74 Å². The van der Waals surface area contributed by atoms with E-state index in [-0.39, 0.29) is 11.8 Å². The van der Waals surface area contributed by atoms with Gasteiger partial charge in [0.25, 0.3) is 0 Å². The second-order valence-corrected chi connectivity index (χ2v) is 7.25. The standard InChI is InChI=1S/C18H28N4O3/c1-13(21-17(24)18(2,3)4)16(23)20-12-14-6-5-7-19-15(14)22-8-10-25-11-9-22/h5-7,13H,8-12H2,1-4H3,(H,20,23)(H,21,24). The van der Waals surface area contributed by atoms with E-state index in [1.54, 1.807) is 13.1 Å². The van der Waals surface area contributed by atoms with Crippen LogP contribution in [0.3, 0.4) is 0 Å². The maximum absolute atomic E-state index is 12.3. The third-order valence-electron chi connectivity index (χ3n) is 4.05. The SMILES string of the molecule is CC(NC(=O)C(C)(C)C)C(=O)NCc1cccnc1N1CCOCC1. The number of ether oxygens (including phenoxy) is 1. The highest BCUT2D eigenvalue weighted by atomic mass is 16.5. The predicted molar refractivity (Wildman–Crippen MR) is 96.2 cm³/mol. The molecule has 0 aromatic carbocycles. The summed E-state index contributed by atoms with van der Waals surface area (Å²) in [5, 5.41) is 5.62. The number of hydrogen-bond donors (Lipinski definition) is 2. The fourth-order valence-electron chi connectivity index (χ4n) is 2.44. The Kier molecular flexibility index (Phi) is 6.36. The van der Waals surface area contributed by atoms with Crippen LogP contribution in [-0.2, 0) is 20.9 Å². The Bertz CT molecular complexity index is 607. The zero-order valence-electron chi connectivity index (χ0n) is 15.5. The molecule has 1 saturated heterocycles. The molecule has 1 atom stereocenters. The van der Waals surface area contributed by atoms with Crippen molar-refractivity contribution in [1.29, 1.82) is 0 Å². The number of carbonyl (C=O) groups excluding carboxylic acids is 2. The van der Waals surface area contributed by atoms with Gasteiger partial charge < -0.3 is 20.3 Å². The number of amides is 2. The van der Waals surface area contributed by atoms with Crippen LogP contribution in [0.1, 0.15) is 33.3 Å². The molecule has 0 saturated carbocycles. The molecule has 1 aliphatic heterocycles. The molecular weight excluding hydrogens is 320 g/mol. The quantitative estimate of drug-likeness (QED) is 0.832. The van der Waals surface area contributed by atoms with Gasteiger partial charge in [0.15, 0.2) is 0 Å². The van der Waals surface area contributed by atoms with Gasteiger partial charge in [0.2, 0.25) is 11.8 Å². The highest BCUT2D eigenvalue weighted by molar-refractivity contribution is 5.89. The van der Waals surface area contributed by atoms with Crippen LogP contribution in [0.25, 0.3) is 0 Å². The van der Waals surface area contributed by atoms with Crippen molar-refractivity contribution in [3.05, 3.63) is 23.9 Å². The highest BCUT2D eigenvalue weighted by Gasteiger charge is 2.25. The molecule has 2 rings (SSSR count). The Morgan fingerprint density at radius 1 is 1.32 bits per heavy atom. The predicted octanol–water partition coefficient (Wildman–Crippen LogP) is 1.09. The average molecular weight is 348 g/mol. The third-order valence-corrected chi connectivity index (χ3v) is 4.05. The maximum atomic E-state index is 12.3. The van der Waals surface area contributed by atoms with E-state index in [1.165, 1.54) is 0 Å². The second-order valence-electron chi connectivity index (χ2n) is 7.25. The first-order chi connectivity index (χ1) is 11.8. The molecule has 2 N–H and O–H groups in total. The first-order valence-corrected chi connectivity index (χ1v) is 8.64. The molecule has 1 aromatic rings. The molecule has 2 amide bonds. The molecular formula is C18H28N4O3. The van der Waals surface area contributed by atoms with Crippen LogP contribution in [0, 0.1) is 5.41 Å². The van der Waals surface area contributed by atoms with Crippen molar-refractivity contribution in [2.45, 2.75) is 40.3 Å². The Labute approximate surface area is 149 Å². The fourth-order valence-corrected chi connectivity index (χ4v) is 2.44. The molecule has 7 nitrogen and oxygen atoms in total. The summed E-state index contributed by atoms with van der Waals surface area (Å²) in [6.45, 7) is 10.4. The minimum absolute atomic E-state index is 0.148. The molecule has 2 heterocycles. The molecule has 0 radical (unpaired) electrons. The van der Waals surface area contributed by atoms with Gasteiger partial charge in [-0.2, -0.15) is 0 Å². The van der Waals surface area contributed by atoms with Crippen molar-refractivity contribution < 1.29 is 14.3 Å². The molecule has 138 valence electrons. The number of aromatic nitrogens is 1. The Morgan fingerprint density at radius 2 is 2.00 bits per heavy atom. The van der Waals surface area contributed by atoms with E-state index in [9.17, 15) is 9.59 Å². The van der Waals surface area contributed by atoms with Gasteiger partial charge in [-0.1, -0.05) is 26.8 Å². The number of nitrogens with zero attached hydrogens (tertiary/aromatic N) is 2. The number of pyridine rings is 1. The van der Waals surface area contributed by atoms with Crippen LogP contribution < -0.4 is 15.5 Å². The number of hydrogen-bond acceptors (Lipinski definition) is 5. The summed E-state index contributed by atoms with van der Waals surface area (Å²) in [4.78, 5) is 30.9. The van der Waals surface area contributed by atoms with Gasteiger partial charge in [-0.3, -0.25) is 9.59 Å². The lowest BCUT2D eigenvalue weighted by atomic mass is 9.95. The summed E-state index contributed by atoms with van der Waals surface area (Å²) in [6, 6.07) is 3.22. The van der Waals surface area contributed by atoms with E-state index in [2.05, 4.69) is 20.5 Å². The van der Waals surface area contributed by atoms with E-state index >= 15 is 0 Å². The van der Waals surface area contributed by atoms with Gasteiger partial charge >= 0.3 is 0 Å². The summed E-state index contributed by atoms with van der Waals surface area (Å²) < 4.78 is 5.38. The van der Waals surface area contributed by atoms with E-state index in [0.717, 1.165) is 24.5 Å². The van der Waals surface area contributed by atoms with Crippen molar-refractivity contribution >= 4 is 17.6 Å². The van der Waals surface area contributed by atoms with Gasteiger partial charge in [-0.15, -0.1) is 0 Å². The zero-order chi connectivity index (χ0) is 18.4. The van der Waals surface area contributed by atoms with Crippen LogP contribution >= 0.6 is 0 Å². The lowest BCUT2D eigenvalue weighted by Gasteiger charge is -2.29. The number of anilines is 1. The fraction of sp³-hybridized carbons (Fsp3) is 0.611. The van der Waals surface area contributed by atoms with Crippen LogP contribution in [0.4, 0.5) is 5.82 Å². The maximum Gasteiger partial charge on any atom is 0.242 e. The van der Waals surface area contributed by atoms with Crippen molar-refractivity contribution in [2.75, 3.05) is 31.2 Å². The van der Waals surface area contributed by atoms with Crippen LogP contribution in [0.5, 0.6) is 0 Å². The topological polar surface area (TPSA) is 83.6 Å². The first kappa shape index (κ1) is 19.2. The Hall–Kier alpha value is -2.15. The number of rotatable bonds is 5. The average Bonchev–Trinajstić information content (AvgIpc) is 2.59. The summed E-state index contributed by atoms with van der Waals surface area (Å²) >= 11 is 0. The molecule has 0 aliphatic carbocycles. The molecule has 25 heavy (non-hydrogen) atoms. The smallest absolute Gasteiger partial charge is 0.242 e. The summed E-state index contributed by atoms with van der Waals surface area (Å²) in [7, 11) is 0. The van der Waals surface area contributed by atoms with E-state index < -0.39 is 11.5 Å². The van der Waals surface area contributed by atoms with Gasteiger partial charge in [-0.05, 0) is 13.0 Å². The minimum atomic E-state index is -0.588. The Morgan fingerprint density at radius 3 is 2.64 bits per heavy atom. The monoisotopic (exact) mass is 348 g/mol. The summed E-state index contributed by atoms with van der Waals surface area (Å²) in [5.74, 6) is 0.511. The Balaban J connectivity index is 1.94. The van der Waals surface area contributed by atoms with Gasteiger partial charge in [-0.25, -0.2) is 4.98 Å². The summed E-state index contributed by atoms with van der Waals surface area (Å²) in [5.41, 5.74) is 0.425. The van der Waals surface area contributed by atoms with E-state index in [0.29, 0.717) is 19.8 Å². The molecule has 1 aromatic heterocycles. The lowest BCUT2D eigenvalue weighted by Crippen LogP contribution is -2.48. The van der Waals surface area contributed by atoms with E-state index in [1.807, 2.05) is 32.9 Å². The largest absolute Gasteiger partial charge is 0.378 e. The molecule has 0 bridgehead atoms. The van der Waals surface area contributed by atoms with Crippen molar-refractivity contribution in [3.63, 3.8) is 0 Å². The summed E-state index contributed by atoms with van der Waals surface area (Å²) in [6.07, 6.45) is 1.75. The molecule has 1 unspecified atom stereocenters. The second kappa shape index (κ2) is 8.29. The van der Waals surface area contributed by atoms with Crippen LogP contribution in [-0.4, -0.2) is 49.1 Å². The zero-order valence-corrected chi connectivity index (χ0v) is 15.5. The van der Waals surface area contributed by atoms with Crippen molar-refractivity contribution in [1.82, 2.24) is 15.6 Å². The third kappa shape index (κ3) is 5.42. The highest BCUT2D eigenvalue weighted by Crippen LogP contribution is 2.18. The first-order valence-electron chi connectivity index (χ1n) is 8.64. The molecule has 1 aliphatic rings.